The summed E-state index contributed by atoms with van der Waals surface area (Å²) < 4.78 is 0. The monoisotopic (exact) mass is 356 g/mol. The van der Waals surface area contributed by atoms with Crippen molar-refractivity contribution in [2.75, 3.05) is 0 Å². The summed E-state index contributed by atoms with van der Waals surface area (Å²) in [6, 6.07) is 0. The minimum Gasteiger partial charge on any atom is -0.272 e. The lowest BCUT2D eigenvalue weighted by molar-refractivity contribution is -0.137. The van der Waals surface area contributed by atoms with Crippen molar-refractivity contribution >= 4 is 11.8 Å². The number of fused-ring (bicyclic) bond motifs is 4. The molecule has 4 nitrogen and oxygen atoms in total. The van der Waals surface area contributed by atoms with Crippen molar-refractivity contribution < 1.29 is 9.59 Å². The average Bonchev–Trinajstić information content (AvgIpc) is 3.30. The Morgan fingerprint density at radius 2 is 1.15 bits per heavy atom. The summed E-state index contributed by atoms with van der Waals surface area (Å²) in [5.41, 5.74) is 6.58. The molecule has 0 aromatic heterocycles. The first-order valence-electron chi connectivity index (χ1n) is 9.99. The summed E-state index contributed by atoms with van der Waals surface area (Å²) in [6.07, 6.45) is 5.51. The summed E-state index contributed by atoms with van der Waals surface area (Å²) in [6.45, 7) is 17.3. The van der Waals surface area contributed by atoms with Crippen LogP contribution in [0.15, 0.2) is 24.3 Å². The molecule has 4 heteroatoms. The molecule has 4 aliphatic rings. The van der Waals surface area contributed by atoms with Gasteiger partial charge in [-0.2, -0.15) is 0 Å². The molecule has 4 aliphatic carbocycles. The van der Waals surface area contributed by atoms with Crippen molar-refractivity contribution in [3.63, 3.8) is 0 Å². The normalized spacial score (nSPS) is 41.5. The molecule has 0 heterocycles. The molecule has 0 spiro atoms. The molecule has 26 heavy (non-hydrogen) atoms. The topological polar surface area (TPSA) is 58.2 Å². The molecular formula is C22H32N2O2. The van der Waals surface area contributed by atoms with Crippen LogP contribution >= 0.6 is 0 Å². The molecule has 2 amide bonds. The van der Waals surface area contributed by atoms with Gasteiger partial charge in [0.15, 0.2) is 0 Å². The molecule has 0 aromatic carbocycles. The van der Waals surface area contributed by atoms with E-state index in [-0.39, 0.29) is 22.6 Å². The Hall–Kier alpha value is -1.58. The van der Waals surface area contributed by atoms with Crippen LogP contribution in [-0.2, 0) is 9.59 Å². The van der Waals surface area contributed by atoms with Gasteiger partial charge in [0.1, 0.15) is 0 Å². The lowest BCUT2D eigenvalue weighted by atomic mass is 9.68. The highest BCUT2D eigenvalue weighted by Crippen LogP contribution is 2.66. The Balaban J connectivity index is 1.47. The number of carbonyl (C=O) groups excluding carboxylic acids is 2. The number of amides is 2. The van der Waals surface area contributed by atoms with E-state index < -0.39 is 10.8 Å². The molecule has 4 saturated carbocycles. The molecule has 4 atom stereocenters. The van der Waals surface area contributed by atoms with E-state index >= 15 is 0 Å². The van der Waals surface area contributed by atoms with Gasteiger partial charge in [0.05, 0.1) is 10.8 Å². The maximum absolute atomic E-state index is 13.0. The molecule has 4 fully saturated rings. The van der Waals surface area contributed by atoms with E-state index in [0.29, 0.717) is 11.8 Å². The van der Waals surface area contributed by atoms with Gasteiger partial charge in [0, 0.05) is 0 Å². The van der Waals surface area contributed by atoms with Crippen molar-refractivity contribution in [2.45, 2.75) is 66.2 Å². The van der Waals surface area contributed by atoms with E-state index in [1.165, 1.54) is 0 Å². The van der Waals surface area contributed by atoms with E-state index in [0.717, 1.165) is 49.7 Å². The minimum absolute atomic E-state index is 0.000717. The molecule has 0 radical (unpaired) electrons. The lowest BCUT2D eigenvalue weighted by Gasteiger charge is -2.38. The van der Waals surface area contributed by atoms with Crippen LogP contribution in [0.3, 0.4) is 0 Å². The zero-order valence-electron chi connectivity index (χ0n) is 16.6. The quantitative estimate of drug-likeness (QED) is 0.582. The highest BCUT2D eigenvalue weighted by molar-refractivity contribution is 5.92. The Labute approximate surface area is 156 Å². The van der Waals surface area contributed by atoms with Gasteiger partial charge in [-0.15, -0.1) is 0 Å². The van der Waals surface area contributed by atoms with E-state index in [2.05, 4.69) is 51.7 Å². The zero-order chi connectivity index (χ0) is 19.1. The van der Waals surface area contributed by atoms with Crippen molar-refractivity contribution in [1.82, 2.24) is 10.9 Å². The standard InChI is InChI=1S/C22H32N2O2/c1-13-19(3,4)15-7-9-21(13,11-15)17(25)23-24-18(26)22-10-8-16(12-22)20(5,6)14(22)2/h15-16H,1-2,7-12H2,3-6H3,(H,23,25)(H,24,26)/t15-,16?,21-,22?/m0/s1. The van der Waals surface area contributed by atoms with Crippen molar-refractivity contribution in [1.29, 1.82) is 0 Å². The Bertz CT molecular complexity index is 672. The Morgan fingerprint density at radius 1 is 0.808 bits per heavy atom. The molecule has 2 N–H and O–H groups in total. The molecule has 142 valence electrons. The van der Waals surface area contributed by atoms with Crippen molar-refractivity contribution in [3.8, 4) is 0 Å². The fraction of sp³-hybridized carbons (Fsp3) is 0.727. The zero-order valence-corrected chi connectivity index (χ0v) is 16.6. The molecule has 0 aromatic rings. The van der Waals surface area contributed by atoms with Gasteiger partial charge >= 0.3 is 0 Å². The van der Waals surface area contributed by atoms with E-state index in [1.807, 2.05) is 0 Å². The maximum Gasteiger partial charge on any atom is 0.248 e. The van der Waals surface area contributed by atoms with E-state index in [9.17, 15) is 9.59 Å². The third-order valence-electron chi connectivity index (χ3n) is 8.94. The number of hydrogen-bond acceptors (Lipinski definition) is 2. The van der Waals surface area contributed by atoms with E-state index in [4.69, 9.17) is 0 Å². The van der Waals surface area contributed by atoms with E-state index in [1.54, 1.807) is 0 Å². The second kappa shape index (κ2) is 5.02. The predicted molar refractivity (Wildman–Crippen MR) is 102 cm³/mol. The summed E-state index contributed by atoms with van der Waals surface area (Å²) in [7, 11) is 0. The lowest BCUT2D eigenvalue weighted by Crippen LogP contribution is -2.53. The van der Waals surface area contributed by atoms with Crippen LogP contribution in [0.25, 0.3) is 0 Å². The molecular weight excluding hydrogens is 324 g/mol. The van der Waals surface area contributed by atoms with Gasteiger partial charge < -0.3 is 0 Å². The van der Waals surface area contributed by atoms with Crippen LogP contribution in [0.2, 0.25) is 0 Å². The first kappa shape index (κ1) is 17.8. The SMILES string of the molecule is C=C1C2(C(=O)NNC(=O)[C@@]34CC[C@@H](C3)C(C)(C)C4=C)CCC(C2)C1(C)C. The van der Waals surface area contributed by atoms with Crippen LogP contribution < -0.4 is 10.9 Å². The minimum atomic E-state index is -0.511. The second-order valence-corrected chi connectivity index (χ2v) is 10.4. The third kappa shape index (κ3) is 1.91. The summed E-state index contributed by atoms with van der Waals surface area (Å²) in [5.74, 6) is 0.859. The van der Waals surface area contributed by atoms with Crippen LogP contribution in [0.1, 0.15) is 66.2 Å². The first-order chi connectivity index (χ1) is 12.0. The molecule has 4 rings (SSSR count). The predicted octanol–water partition coefficient (Wildman–Crippen LogP) is 3.90. The van der Waals surface area contributed by atoms with Gasteiger partial charge in [-0.05, 0) is 61.2 Å². The number of hydrogen-bond donors (Lipinski definition) is 2. The van der Waals surface area contributed by atoms with Crippen molar-refractivity contribution in [3.05, 3.63) is 24.3 Å². The highest BCUT2D eigenvalue weighted by Gasteiger charge is 2.62. The number of rotatable bonds is 2. The van der Waals surface area contributed by atoms with Gasteiger partial charge in [0.2, 0.25) is 11.8 Å². The molecule has 2 unspecified atom stereocenters. The first-order valence-corrected chi connectivity index (χ1v) is 9.99. The third-order valence-corrected chi connectivity index (χ3v) is 8.94. The average molecular weight is 357 g/mol. The highest BCUT2D eigenvalue weighted by atomic mass is 16.2. The number of hydrazine groups is 1. The van der Waals surface area contributed by atoms with Crippen LogP contribution in [0.5, 0.6) is 0 Å². The van der Waals surface area contributed by atoms with Crippen LogP contribution in [-0.4, -0.2) is 11.8 Å². The second-order valence-electron chi connectivity index (χ2n) is 10.4. The van der Waals surface area contributed by atoms with Gasteiger partial charge in [0.25, 0.3) is 0 Å². The fourth-order valence-corrected chi connectivity index (χ4v) is 6.64. The smallest absolute Gasteiger partial charge is 0.248 e. The summed E-state index contributed by atoms with van der Waals surface area (Å²) >= 11 is 0. The van der Waals surface area contributed by atoms with Crippen molar-refractivity contribution in [2.24, 2.45) is 33.5 Å². The summed E-state index contributed by atoms with van der Waals surface area (Å²) in [4.78, 5) is 26.1. The Morgan fingerprint density at radius 3 is 1.42 bits per heavy atom. The molecule has 0 saturated heterocycles. The van der Waals surface area contributed by atoms with Crippen LogP contribution in [0.4, 0.5) is 0 Å². The van der Waals surface area contributed by atoms with Gasteiger partial charge in [-0.1, -0.05) is 52.0 Å². The van der Waals surface area contributed by atoms with Crippen LogP contribution in [0, 0.1) is 33.5 Å². The largest absolute Gasteiger partial charge is 0.272 e. The molecule has 0 aliphatic heterocycles. The number of carbonyl (C=O) groups is 2. The number of nitrogens with one attached hydrogen (secondary N) is 2. The molecule has 4 bridgehead atoms. The fourth-order valence-electron chi connectivity index (χ4n) is 6.64. The summed E-state index contributed by atoms with van der Waals surface area (Å²) in [5, 5.41) is 0. The van der Waals surface area contributed by atoms with Gasteiger partial charge in [-0.25, -0.2) is 0 Å². The maximum atomic E-state index is 13.0. The Kier molecular flexibility index (Phi) is 3.44. The van der Waals surface area contributed by atoms with Gasteiger partial charge in [-0.3, -0.25) is 20.4 Å².